The number of H-pyrrole nitrogens is 1. The second-order valence-corrected chi connectivity index (χ2v) is 3.24. The first-order valence-electron chi connectivity index (χ1n) is 4.41. The maximum atomic E-state index is 10.7. The van der Waals surface area contributed by atoms with Gasteiger partial charge in [0, 0.05) is 10.9 Å². The zero-order valence-electron chi connectivity index (χ0n) is 7.86. The zero-order chi connectivity index (χ0) is 10.8. The largest absolute Gasteiger partial charge is 0.369 e. The highest BCUT2D eigenvalue weighted by Gasteiger charge is 2.03. The van der Waals surface area contributed by atoms with Crippen molar-refractivity contribution in [3.8, 4) is 0 Å². The molecule has 2 rings (SSSR count). The van der Waals surface area contributed by atoms with Crippen molar-refractivity contribution in [1.29, 1.82) is 0 Å². The van der Waals surface area contributed by atoms with Crippen LogP contribution in [-0.2, 0) is 4.79 Å². The minimum atomic E-state index is -0.486. The smallest absolute Gasteiger partial charge is 0.226 e. The van der Waals surface area contributed by atoms with E-state index in [9.17, 15) is 9.59 Å². The van der Waals surface area contributed by atoms with Gasteiger partial charge in [-0.15, -0.1) is 0 Å². The predicted octanol–water partition coefficient (Wildman–Crippen LogP) is 1.02. The molecule has 0 aliphatic carbocycles. The lowest BCUT2D eigenvalue weighted by Gasteiger charge is -1.96. The number of hydrogen-bond donors (Lipinski definition) is 2. The Morgan fingerprint density at radius 3 is 2.80 bits per heavy atom. The Bertz CT molecular complexity index is 528. The van der Waals surface area contributed by atoms with Gasteiger partial charge in [0.2, 0.25) is 5.91 Å². The van der Waals surface area contributed by atoms with Crippen LogP contribution in [0.1, 0.15) is 16.1 Å². The Kier molecular flexibility index (Phi) is 2.25. The van der Waals surface area contributed by atoms with Crippen LogP contribution in [0, 0.1) is 6.42 Å². The molecule has 75 valence electrons. The third-order valence-corrected chi connectivity index (χ3v) is 2.10. The number of fused-ring (bicyclic) bond motifs is 1. The molecule has 2 aromatic rings. The molecule has 1 radical (unpaired) electrons. The summed E-state index contributed by atoms with van der Waals surface area (Å²) in [6.45, 7) is 0. The van der Waals surface area contributed by atoms with Crippen molar-refractivity contribution in [2.24, 2.45) is 5.73 Å². The number of hydrogen-bond acceptors (Lipinski definition) is 2. The van der Waals surface area contributed by atoms with Crippen LogP contribution in [0.4, 0.5) is 0 Å². The lowest BCUT2D eigenvalue weighted by atomic mass is 10.1. The first kappa shape index (κ1) is 9.45. The van der Waals surface area contributed by atoms with Crippen LogP contribution in [-0.4, -0.2) is 17.2 Å². The van der Waals surface area contributed by atoms with Crippen LogP contribution in [0.15, 0.2) is 24.3 Å². The van der Waals surface area contributed by atoms with Crippen LogP contribution >= 0.6 is 0 Å². The van der Waals surface area contributed by atoms with Crippen molar-refractivity contribution in [3.05, 3.63) is 41.9 Å². The summed E-state index contributed by atoms with van der Waals surface area (Å²) in [5.41, 5.74) is 7.14. The highest BCUT2D eigenvalue weighted by Crippen LogP contribution is 2.17. The van der Waals surface area contributed by atoms with E-state index in [-0.39, 0.29) is 0 Å². The average molecular weight is 201 g/mol. The maximum absolute atomic E-state index is 10.7. The van der Waals surface area contributed by atoms with E-state index < -0.39 is 5.91 Å². The third kappa shape index (κ3) is 1.88. The number of carbonyl (C=O) groups excluding carboxylic acids is 2. The van der Waals surface area contributed by atoms with E-state index in [1.807, 2.05) is 0 Å². The van der Waals surface area contributed by atoms with Crippen molar-refractivity contribution in [2.75, 3.05) is 0 Å². The standard InChI is InChI=1S/C11H9N2O2/c12-11(15)4-7-1-2-10-8(3-7)5-9(6-14)13-10/h1-6,13H,(H2,12,15). The molecule has 1 aromatic heterocycles. The minimum absolute atomic E-state index is 0.486. The number of carbonyl (C=O) groups is 2. The molecule has 4 nitrogen and oxygen atoms in total. The van der Waals surface area contributed by atoms with Gasteiger partial charge in [-0.25, -0.2) is 0 Å². The first-order chi connectivity index (χ1) is 7.19. The number of nitrogens with two attached hydrogens (primary N) is 1. The molecule has 0 saturated heterocycles. The number of aromatic nitrogens is 1. The molecule has 0 atom stereocenters. The summed E-state index contributed by atoms with van der Waals surface area (Å²) in [4.78, 5) is 24.1. The van der Waals surface area contributed by atoms with Crippen LogP contribution in [0.5, 0.6) is 0 Å². The van der Waals surface area contributed by atoms with E-state index in [0.29, 0.717) is 5.69 Å². The topological polar surface area (TPSA) is 76.0 Å². The van der Waals surface area contributed by atoms with Gasteiger partial charge in [0.25, 0.3) is 0 Å². The van der Waals surface area contributed by atoms with Gasteiger partial charge in [-0.3, -0.25) is 9.59 Å². The fourth-order valence-electron chi connectivity index (χ4n) is 1.49. The van der Waals surface area contributed by atoms with E-state index in [4.69, 9.17) is 5.73 Å². The molecule has 0 aliphatic heterocycles. The fourth-order valence-corrected chi connectivity index (χ4v) is 1.49. The van der Waals surface area contributed by atoms with E-state index in [1.165, 1.54) is 6.42 Å². The number of aromatic amines is 1. The lowest BCUT2D eigenvalue weighted by Crippen LogP contribution is -2.11. The Hall–Kier alpha value is -2.10. The molecule has 1 heterocycles. The molecule has 15 heavy (non-hydrogen) atoms. The summed E-state index contributed by atoms with van der Waals surface area (Å²) in [7, 11) is 0. The number of nitrogens with one attached hydrogen (secondary N) is 1. The maximum Gasteiger partial charge on any atom is 0.226 e. The summed E-state index contributed by atoms with van der Waals surface area (Å²) in [5, 5.41) is 0.882. The quantitative estimate of drug-likeness (QED) is 0.727. The van der Waals surface area contributed by atoms with Gasteiger partial charge in [0.05, 0.1) is 12.1 Å². The summed E-state index contributed by atoms with van der Waals surface area (Å²) >= 11 is 0. The van der Waals surface area contributed by atoms with Gasteiger partial charge in [-0.1, -0.05) is 6.07 Å². The number of aldehydes is 1. The molecule has 0 aliphatic rings. The average Bonchev–Trinajstić information content (AvgIpc) is 2.58. The molecule has 3 N–H and O–H groups in total. The van der Waals surface area contributed by atoms with Gasteiger partial charge >= 0.3 is 0 Å². The van der Waals surface area contributed by atoms with Gasteiger partial charge in [0.1, 0.15) is 0 Å². The fraction of sp³-hybridized carbons (Fsp3) is 0. The SMILES string of the molecule is NC(=O)[CH]c1ccc2[nH]c(C=O)cc2c1. The van der Waals surface area contributed by atoms with E-state index in [1.54, 1.807) is 24.3 Å². The van der Waals surface area contributed by atoms with Crippen molar-refractivity contribution >= 4 is 23.1 Å². The number of benzene rings is 1. The number of amides is 1. The molecular formula is C11H9N2O2. The van der Waals surface area contributed by atoms with Gasteiger partial charge in [-0.05, 0) is 23.8 Å². The molecule has 0 unspecified atom stereocenters. The minimum Gasteiger partial charge on any atom is -0.369 e. The van der Waals surface area contributed by atoms with Crippen LogP contribution in [0.3, 0.4) is 0 Å². The van der Waals surface area contributed by atoms with Crippen molar-refractivity contribution in [3.63, 3.8) is 0 Å². The van der Waals surface area contributed by atoms with Gasteiger partial charge < -0.3 is 10.7 Å². The predicted molar refractivity (Wildman–Crippen MR) is 56.3 cm³/mol. The highest BCUT2D eigenvalue weighted by atomic mass is 16.1. The van der Waals surface area contributed by atoms with E-state index in [0.717, 1.165) is 22.8 Å². The Labute approximate surface area is 86.1 Å². The Morgan fingerprint density at radius 2 is 2.13 bits per heavy atom. The van der Waals surface area contributed by atoms with Crippen molar-refractivity contribution < 1.29 is 9.59 Å². The highest BCUT2D eigenvalue weighted by molar-refractivity contribution is 5.91. The molecule has 0 saturated carbocycles. The summed E-state index contributed by atoms with van der Waals surface area (Å²) in [5.74, 6) is -0.486. The Morgan fingerprint density at radius 1 is 1.33 bits per heavy atom. The van der Waals surface area contributed by atoms with E-state index >= 15 is 0 Å². The van der Waals surface area contributed by atoms with Crippen LogP contribution < -0.4 is 5.73 Å². The molecule has 0 bridgehead atoms. The summed E-state index contributed by atoms with van der Waals surface area (Å²) < 4.78 is 0. The second kappa shape index (κ2) is 3.57. The number of rotatable bonds is 3. The summed E-state index contributed by atoms with van der Waals surface area (Å²) in [6.07, 6.45) is 2.09. The van der Waals surface area contributed by atoms with Gasteiger partial charge in [-0.2, -0.15) is 0 Å². The van der Waals surface area contributed by atoms with E-state index in [2.05, 4.69) is 4.98 Å². The molecule has 1 amide bonds. The molecule has 4 heteroatoms. The number of primary amides is 1. The van der Waals surface area contributed by atoms with Crippen LogP contribution in [0.2, 0.25) is 0 Å². The first-order valence-corrected chi connectivity index (χ1v) is 4.41. The summed E-state index contributed by atoms with van der Waals surface area (Å²) in [6, 6.07) is 7.08. The van der Waals surface area contributed by atoms with Crippen molar-refractivity contribution in [2.45, 2.75) is 0 Å². The zero-order valence-corrected chi connectivity index (χ0v) is 7.86. The lowest BCUT2D eigenvalue weighted by molar-refractivity contribution is -0.114. The second-order valence-electron chi connectivity index (χ2n) is 3.24. The molecular weight excluding hydrogens is 192 g/mol. The van der Waals surface area contributed by atoms with Crippen molar-refractivity contribution in [1.82, 2.24) is 4.98 Å². The van der Waals surface area contributed by atoms with Crippen LogP contribution in [0.25, 0.3) is 10.9 Å². The molecule has 0 fully saturated rings. The monoisotopic (exact) mass is 201 g/mol. The Balaban J connectivity index is 2.45. The van der Waals surface area contributed by atoms with Gasteiger partial charge in [0.15, 0.2) is 6.29 Å². The normalized spacial score (nSPS) is 10.4. The third-order valence-electron chi connectivity index (χ3n) is 2.10. The molecule has 0 spiro atoms. The molecule has 1 aromatic carbocycles.